The fourth-order valence-electron chi connectivity index (χ4n) is 2.17. The van der Waals surface area contributed by atoms with Gasteiger partial charge in [-0.2, -0.15) is 0 Å². The third kappa shape index (κ3) is 2.28. The van der Waals surface area contributed by atoms with E-state index < -0.39 is 0 Å². The highest BCUT2D eigenvalue weighted by Gasteiger charge is 2.24. The molecular weight excluding hydrogens is 202 g/mol. The third-order valence-electron chi connectivity index (χ3n) is 3.12. The number of benzene rings is 1. The highest BCUT2D eigenvalue weighted by molar-refractivity contribution is 5.54. The van der Waals surface area contributed by atoms with Gasteiger partial charge in [-0.3, -0.25) is 0 Å². The summed E-state index contributed by atoms with van der Waals surface area (Å²) in [5, 5.41) is 9.40. The summed E-state index contributed by atoms with van der Waals surface area (Å²) in [6.45, 7) is 3.07. The van der Waals surface area contributed by atoms with E-state index in [1.54, 1.807) is 0 Å². The summed E-state index contributed by atoms with van der Waals surface area (Å²) in [5.74, 6) is 0. The van der Waals surface area contributed by atoms with Crippen LogP contribution in [0, 0.1) is 0 Å². The molecule has 1 aliphatic rings. The van der Waals surface area contributed by atoms with Crippen LogP contribution in [0.1, 0.15) is 0 Å². The summed E-state index contributed by atoms with van der Waals surface area (Å²) in [7, 11) is 2.09. The Labute approximate surface area is 96.3 Å². The normalized spacial score (nSPS) is 22.4. The van der Waals surface area contributed by atoms with E-state index in [0.717, 1.165) is 31.0 Å². The van der Waals surface area contributed by atoms with Crippen LogP contribution < -0.4 is 10.6 Å². The molecule has 88 valence electrons. The van der Waals surface area contributed by atoms with Gasteiger partial charge in [0.25, 0.3) is 0 Å². The Kier molecular flexibility index (Phi) is 3.31. The standard InChI is InChI=1S/C12H19N3O/c1-14-6-7-15(12(8-14)9-16)11-4-2-10(13)3-5-11/h2-5,12,16H,6-9,13H2,1H3/t12-/m0/s1. The van der Waals surface area contributed by atoms with Crippen LogP contribution in [0.2, 0.25) is 0 Å². The lowest BCUT2D eigenvalue weighted by atomic mass is 10.1. The number of piperazine rings is 1. The zero-order valence-corrected chi connectivity index (χ0v) is 9.63. The first-order valence-electron chi connectivity index (χ1n) is 5.62. The maximum absolute atomic E-state index is 9.40. The Morgan fingerprint density at radius 3 is 2.62 bits per heavy atom. The molecule has 0 amide bonds. The molecule has 1 saturated heterocycles. The summed E-state index contributed by atoms with van der Waals surface area (Å²) >= 11 is 0. The van der Waals surface area contributed by atoms with Gasteiger partial charge in [0.15, 0.2) is 0 Å². The van der Waals surface area contributed by atoms with Crippen molar-refractivity contribution in [1.82, 2.24) is 4.90 Å². The Hall–Kier alpha value is -1.26. The summed E-state index contributed by atoms with van der Waals surface area (Å²) in [6, 6.07) is 8.03. The van der Waals surface area contributed by atoms with Crippen molar-refractivity contribution in [2.24, 2.45) is 0 Å². The van der Waals surface area contributed by atoms with Crippen LogP contribution in [0.5, 0.6) is 0 Å². The van der Waals surface area contributed by atoms with Crippen LogP contribution in [0.15, 0.2) is 24.3 Å². The highest BCUT2D eigenvalue weighted by atomic mass is 16.3. The number of hydrogen-bond acceptors (Lipinski definition) is 4. The SMILES string of the molecule is CN1CCN(c2ccc(N)cc2)[C@H](CO)C1. The van der Waals surface area contributed by atoms with Gasteiger partial charge in [0.05, 0.1) is 12.6 Å². The van der Waals surface area contributed by atoms with E-state index in [1.165, 1.54) is 0 Å². The number of aliphatic hydroxyl groups excluding tert-OH is 1. The third-order valence-corrected chi connectivity index (χ3v) is 3.12. The predicted octanol–water partition coefficient (Wildman–Crippen LogP) is 0.382. The van der Waals surface area contributed by atoms with Gasteiger partial charge >= 0.3 is 0 Å². The van der Waals surface area contributed by atoms with Crippen LogP contribution in [-0.4, -0.2) is 49.3 Å². The van der Waals surface area contributed by atoms with Gasteiger partial charge in [0.2, 0.25) is 0 Å². The number of anilines is 2. The van der Waals surface area contributed by atoms with Crippen LogP contribution in [0.25, 0.3) is 0 Å². The Morgan fingerprint density at radius 1 is 1.31 bits per heavy atom. The van der Waals surface area contributed by atoms with Crippen molar-refractivity contribution < 1.29 is 5.11 Å². The lowest BCUT2D eigenvalue weighted by molar-refractivity contribution is 0.191. The Balaban J connectivity index is 2.15. The zero-order valence-electron chi connectivity index (χ0n) is 9.63. The molecule has 0 saturated carbocycles. The van der Waals surface area contributed by atoms with Gasteiger partial charge in [-0.25, -0.2) is 0 Å². The van der Waals surface area contributed by atoms with Crippen LogP contribution >= 0.6 is 0 Å². The smallest absolute Gasteiger partial charge is 0.0648 e. The predicted molar refractivity (Wildman–Crippen MR) is 66.6 cm³/mol. The maximum atomic E-state index is 9.40. The molecule has 1 atom stereocenters. The minimum atomic E-state index is 0.183. The van der Waals surface area contributed by atoms with Crippen molar-refractivity contribution in [1.29, 1.82) is 0 Å². The number of nitrogens with two attached hydrogens (primary N) is 1. The molecule has 0 unspecified atom stereocenters. The number of hydrogen-bond donors (Lipinski definition) is 2. The minimum absolute atomic E-state index is 0.183. The largest absolute Gasteiger partial charge is 0.399 e. The summed E-state index contributed by atoms with van der Waals surface area (Å²) in [4.78, 5) is 4.49. The van der Waals surface area contributed by atoms with E-state index in [1.807, 2.05) is 24.3 Å². The van der Waals surface area contributed by atoms with E-state index in [0.29, 0.717) is 0 Å². The molecule has 1 fully saturated rings. The van der Waals surface area contributed by atoms with Crippen molar-refractivity contribution >= 4 is 11.4 Å². The van der Waals surface area contributed by atoms with Crippen LogP contribution in [0.4, 0.5) is 11.4 Å². The fraction of sp³-hybridized carbons (Fsp3) is 0.500. The van der Waals surface area contributed by atoms with Crippen molar-refractivity contribution in [2.75, 3.05) is 43.9 Å². The van der Waals surface area contributed by atoms with Gasteiger partial charge in [-0.1, -0.05) is 0 Å². The van der Waals surface area contributed by atoms with Crippen molar-refractivity contribution in [3.63, 3.8) is 0 Å². The molecule has 4 nitrogen and oxygen atoms in total. The second-order valence-electron chi connectivity index (χ2n) is 4.38. The van der Waals surface area contributed by atoms with E-state index in [-0.39, 0.29) is 12.6 Å². The molecule has 2 rings (SSSR count). The highest BCUT2D eigenvalue weighted by Crippen LogP contribution is 2.21. The number of nitrogens with zero attached hydrogens (tertiary/aromatic N) is 2. The van der Waals surface area contributed by atoms with Gasteiger partial charge < -0.3 is 20.6 Å². The lowest BCUT2D eigenvalue weighted by Crippen LogP contribution is -2.53. The van der Waals surface area contributed by atoms with E-state index >= 15 is 0 Å². The van der Waals surface area contributed by atoms with Gasteiger partial charge in [0.1, 0.15) is 0 Å². The van der Waals surface area contributed by atoms with Crippen LogP contribution in [0.3, 0.4) is 0 Å². The molecule has 1 aromatic rings. The first-order chi connectivity index (χ1) is 7.70. The first-order valence-corrected chi connectivity index (χ1v) is 5.62. The number of rotatable bonds is 2. The minimum Gasteiger partial charge on any atom is -0.399 e. The monoisotopic (exact) mass is 221 g/mol. The van der Waals surface area contributed by atoms with Crippen molar-refractivity contribution in [3.05, 3.63) is 24.3 Å². The van der Waals surface area contributed by atoms with Gasteiger partial charge in [0, 0.05) is 31.0 Å². The second kappa shape index (κ2) is 4.72. The quantitative estimate of drug-likeness (QED) is 0.709. The van der Waals surface area contributed by atoms with Gasteiger partial charge in [-0.15, -0.1) is 0 Å². The second-order valence-corrected chi connectivity index (χ2v) is 4.38. The molecule has 1 heterocycles. The van der Waals surface area contributed by atoms with Crippen molar-refractivity contribution in [2.45, 2.75) is 6.04 Å². The summed E-state index contributed by atoms with van der Waals surface area (Å²) < 4.78 is 0. The fourth-order valence-corrected chi connectivity index (χ4v) is 2.17. The number of aliphatic hydroxyl groups is 1. The molecule has 3 N–H and O–H groups in total. The molecule has 1 aromatic carbocycles. The van der Waals surface area contributed by atoms with Crippen molar-refractivity contribution in [3.8, 4) is 0 Å². The topological polar surface area (TPSA) is 52.7 Å². The first kappa shape index (κ1) is 11.2. The van der Waals surface area contributed by atoms with E-state index in [2.05, 4.69) is 16.8 Å². The molecule has 0 aliphatic carbocycles. The van der Waals surface area contributed by atoms with Crippen LogP contribution in [-0.2, 0) is 0 Å². The zero-order chi connectivity index (χ0) is 11.5. The molecule has 4 heteroatoms. The lowest BCUT2D eigenvalue weighted by Gasteiger charge is -2.40. The number of likely N-dealkylation sites (N-methyl/N-ethyl adjacent to an activating group) is 1. The molecular formula is C12H19N3O. The average molecular weight is 221 g/mol. The molecule has 1 aliphatic heterocycles. The Bertz CT molecular complexity index is 339. The molecule has 16 heavy (non-hydrogen) atoms. The molecule has 0 bridgehead atoms. The van der Waals surface area contributed by atoms with E-state index in [4.69, 9.17) is 5.73 Å². The average Bonchev–Trinajstić information content (AvgIpc) is 2.30. The van der Waals surface area contributed by atoms with E-state index in [9.17, 15) is 5.11 Å². The summed E-state index contributed by atoms with van der Waals surface area (Å²) in [5.41, 5.74) is 7.59. The Morgan fingerprint density at radius 2 is 2.00 bits per heavy atom. The maximum Gasteiger partial charge on any atom is 0.0648 e. The number of nitrogen functional groups attached to an aromatic ring is 1. The summed E-state index contributed by atoms with van der Waals surface area (Å²) in [6.07, 6.45) is 0. The molecule has 0 spiro atoms. The molecule has 0 radical (unpaired) electrons. The molecule has 0 aromatic heterocycles. The van der Waals surface area contributed by atoms with Gasteiger partial charge in [-0.05, 0) is 31.3 Å².